The van der Waals surface area contributed by atoms with Gasteiger partial charge in [-0.2, -0.15) is 0 Å². The normalized spacial score (nSPS) is 16.8. The number of aryl methyl sites for hydroxylation is 1. The van der Waals surface area contributed by atoms with Gasteiger partial charge in [0.1, 0.15) is 5.01 Å². The van der Waals surface area contributed by atoms with Gasteiger partial charge < -0.3 is 5.73 Å². The Bertz CT molecular complexity index is 697. The lowest BCUT2D eigenvalue weighted by atomic mass is 9.75. The van der Waals surface area contributed by atoms with E-state index in [0.29, 0.717) is 6.54 Å². The third kappa shape index (κ3) is 2.70. The number of nitrogens with zero attached hydrogens (tertiary/aromatic N) is 1. The smallest absolute Gasteiger partial charge is 0.161 e. The molecule has 2 aromatic heterocycles. The predicted molar refractivity (Wildman–Crippen MR) is 89.1 cm³/mol. The van der Waals surface area contributed by atoms with Crippen molar-refractivity contribution < 1.29 is 4.79 Å². The summed E-state index contributed by atoms with van der Waals surface area (Å²) >= 11 is 3.32. The summed E-state index contributed by atoms with van der Waals surface area (Å²) in [6.45, 7) is 6.70. The van der Waals surface area contributed by atoms with Crippen LogP contribution in [0.4, 0.5) is 0 Å². The maximum Gasteiger partial charge on any atom is 0.161 e. The second-order valence-corrected chi connectivity index (χ2v) is 8.48. The zero-order valence-corrected chi connectivity index (χ0v) is 14.3. The predicted octanol–water partition coefficient (Wildman–Crippen LogP) is 4.05. The maximum atomic E-state index is 12.2. The highest BCUT2D eigenvalue weighted by Crippen LogP contribution is 2.45. The van der Waals surface area contributed by atoms with Crippen LogP contribution in [0.1, 0.15) is 53.0 Å². The first-order valence-corrected chi connectivity index (χ1v) is 8.91. The molecular weight excluding hydrogens is 300 g/mol. The first kappa shape index (κ1) is 14.9. The van der Waals surface area contributed by atoms with Gasteiger partial charge in [0, 0.05) is 22.4 Å². The standard InChI is InChI=1S/C16H20N2OS2/c1-9(19)14-10-6-16(2,3)5-4-12(10)21-15(14)11-8-20-13(7-17)18-11/h8H,4-7,17H2,1-3H3. The molecule has 0 atom stereocenters. The summed E-state index contributed by atoms with van der Waals surface area (Å²) in [5, 5.41) is 2.95. The van der Waals surface area contributed by atoms with Crippen molar-refractivity contribution in [2.24, 2.45) is 11.1 Å². The Morgan fingerprint density at radius 3 is 2.86 bits per heavy atom. The number of aromatic nitrogens is 1. The molecule has 1 aliphatic rings. The molecule has 0 aliphatic heterocycles. The van der Waals surface area contributed by atoms with E-state index >= 15 is 0 Å². The molecule has 0 saturated carbocycles. The second-order valence-electron chi connectivity index (χ2n) is 6.44. The van der Waals surface area contributed by atoms with Gasteiger partial charge >= 0.3 is 0 Å². The van der Waals surface area contributed by atoms with Gasteiger partial charge in [-0.1, -0.05) is 13.8 Å². The number of thiophene rings is 1. The van der Waals surface area contributed by atoms with Gasteiger partial charge in [0.15, 0.2) is 5.78 Å². The summed E-state index contributed by atoms with van der Waals surface area (Å²) in [6, 6.07) is 0. The monoisotopic (exact) mass is 320 g/mol. The molecule has 3 rings (SSSR count). The number of Topliss-reactive ketones (excluding diaryl/α,β-unsaturated/α-hetero) is 1. The molecule has 2 aromatic rings. The van der Waals surface area contributed by atoms with E-state index in [9.17, 15) is 4.79 Å². The van der Waals surface area contributed by atoms with Crippen LogP contribution in [0.5, 0.6) is 0 Å². The third-order valence-electron chi connectivity index (χ3n) is 4.09. The molecule has 5 heteroatoms. The Kier molecular flexibility index (Phi) is 3.76. The average molecular weight is 320 g/mol. The SMILES string of the molecule is CC(=O)c1c(-c2csc(CN)n2)sc2c1CC(C)(C)CC2. The van der Waals surface area contributed by atoms with Crippen LogP contribution in [0.15, 0.2) is 5.38 Å². The number of thiazole rings is 1. The quantitative estimate of drug-likeness (QED) is 0.868. The van der Waals surface area contributed by atoms with Gasteiger partial charge in [-0.15, -0.1) is 22.7 Å². The number of rotatable bonds is 3. The van der Waals surface area contributed by atoms with Crippen LogP contribution in [0, 0.1) is 5.41 Å². The Hall–Kier alpha value is -1.04. The number of carbonyl (C=O) groups excluding carboxylic acids is 1. The van der Waals surface area contributed by atoms with E-state index in [4.69, 9.17) is 5.73 Å². The number of hydrogen-bond acceptors (Lipinski definition) is 5. The van der Waals surface area contributed by atoms with Crippen LogP contribution in [0.2, 0.25) is 0 Å². The summed E-state index contributed by atoms with van der Waals surface area (Å²) in [7, 11) is 0. The van der Waals surface area contributed by atoms with Gasteiger partial charge in [-0.3, -0.25) is 4.79 Å². The molecule has 2 heterocycles. The molecule has 0 saturated heterocycles. The molecular formula is C16H20N2OS2. The summed E-state index contributed by atoms with van der Waals surface area (Å²) in [4.78, 5) is 19.2. The molecule has 0 aromatic carbocycles. The second kappa shape index (κ2) is 5.30. The summed E-state index contributed by atoms with van der Waals surface area (Å²) < 4.78 is 0. The number of ketones is 1. The highest BCUT2D eigenvalue weighted by atomic mass is 32.1. The highest BCUT2D eigenvalue weighted by Gasteiger charge is 2.32. The average Bonchev–Trinajstić information content (AvgIpc) is 3.00. The number of hydrogen-bond donors (Lipinski definition) is 1. The van der Waals surface area contributed by atoms with Crippen LogP contribution in [-0.4, -0.2) is 10.8 Å². The minimum absolute atomic E-state index is 0.155. The van der Waals surface area contributed by atoms with E-state index in [0.717, 1.165) is 34.0 Å². The summed E-state index contributed by atoms with van der Waals surface area (Å²) in [5.41, 5.74) is 9.02. The van der Waals surface area contributed by atoms with Crippen molar-refractivity contribution in [2.45, 2.75) is 46.6 Å². The number of carbonyl (C=O) groups is 1. The van der Waals surface area contributed by atoms with Crippen molar-refractivity contribution in [2.75, 3.05) is 0 Å². The molecule has 2 N–H and O–H groups in total. The van der Waals surface area contributed by atoms with E-state index in [1.807, 2.05) is 5.38 Å². The highest BCUT2D eigenvalue weighted by molar-refractivity contribution is 7.16. The Labute approximate surface area is 133 Å². The van der Waals surface area contributed by atoms with E-state index in [1.54, 1.807) is 29.6 Å². The third-order valence-corrected chi connectivity index (χ3v) is 6.27. The first-order chi connectivity index (χ1) is 9.91. The van der Waals surface area contributed by atoms with Gasteiger partial charge in [0.2, 0.25) is 0 Å². The van der Waals surface area contributed by atoms with Crippen molar-refractivity contribution in [3.63, 3.8) is 0 Å². The molecule has 0 bridgehead atoms. The number of fused-ring (bicyclic) bond motifs is 1. The minimum atomic E-state index is 0.155. The molecule has 0 radical (unpaired) electrons. The molecule has 21 heavy (non-hydrogen) atoms. The zero-order valence-electron chi connectivity index (χ0n) is 12.7. The van der Waals surface area contributed by atoms with Crippen LogP contribution in [0.3, 0.4) is 0 Å². The lowest BCUT2D eigenvalue weighted by molar-refractivity contribution is 0.101. The molecule has 3 nitrogen and oxygen atoms in total. The Morgan fingerprint density at radius 2 is 2.24 bits per heavy atom. The van der Waals surface area contributed by atoms with Crippen LogP contribution in [-0.2, 0) is 19.4 Å². The first-order valence-electron chi connectivity index (χ1n) is 7.21. The van der Waals surface area contributed by atoms with Crippen molar-refractivity contribution in [1.82, 2.24) is 4.98 Å². The fraction of sp³-hybridized carbons (Fsp3) is 0.500. The maximum absolute atomic E-state index is 12.2. The molecule has 0 fully saturated rings. The fourth-order valence-corrected chi connectivity index (χ4v) is 5.05. The van der Waals surface area contributed by atoms with E-state index in [1.165, 1.54) is 16.9 Å². The van der Waals surface area contributed by atoms with E-state index < -0.39 is 0 Å². The van der Waals surface area contributed by atoms with Crippen LogP contribution in [0.25, 0.3) is 10.6 Å². The molecule has 112 valence electrons. The lowest BCUT2D eigenvalue weighted by Gasteiger charge is -2.29. The Balaban J connectivity index is 2.14. The molecule has 1 aliphatic carbocycles. The zero-order chi connectivity index (χ0) is 15.2. The molecule has 0 unspecified atom stereocenters. The van der Waals surface area contributed by atoms with Crippen LogP contribution < -0.4 is 5.73 Å². The summed E-state index contributed by atoms with van der Waals surface area (Å²) in [5.74, 6) is 0.155. The number of nitrogens with two attached hydrogens (primary N) is 1. The van der Waals surface area contributed by atoms with Crippen molar-refractivity contribution >= 4 is 28.5 Å². The van der Waals surface area contributed by atoms with Gasteiger partial charge in [-0.05, 0) is 37.2 Å². The minimum Gasteiger partial charge on any atom is -0.325 e. The summed E-state index contributed by atoms with van der Waals surface area (Å²) in [6.07, 6.45) is 3.24. The Morgan fingerprint density at radius 1 is 1.48 bits per heavy atom. The van der Waals surface area contributed by atoms with E-state index in [-0.39, 0.29) is 11.2 Å². The van der Waals surface area contributed by atoms with E-state index in [2.05, 4.69) is 18.8 Å². The lowest BCUT2D eigenvalue weighted by Crippen LogP contribution is -2.22. The topological polar surface area (TPSA) is 56.0 Å². The van der Waals surface area contributed by atoms with Crippen molar-refractivity contribution in [3.05, 3.63) is 26.4 Å². The van der Waals surface area contributed by atoms with Crippen LogP contribution >= 0.6 is 22.7 Å². The van der Waals surface area contributed by atoms with Gasteiger partial charge in [0.05, 0.1) is 10.6 Å². The van der Waals surface area contributed by atoms with Gasteiger partial charge in [0.25, 0.3) is 0 Å². The van der Waals surface area contributed by atoms with Crippen molar-refractivity contribution in [3.8, 4) is 10.6 Å². The van der Waals surface area contributed by atoms with Gasteiger partial charge in [-0.25, -0.2) is 4.98 Å². The molecule has 0 amide bonds. The molecule has 0 spiro atoms. The van der Waals surface area contributed by atoms with Crippen molar-refractivity contribution in [1.29, 1.82) is 0 Å². The fourth-order valence-electron chi connectivity index (χ4n) is 2.98. The largest absolute Gasteiger partial charge is 0.325 e.